The number of thiophene rings is 1. The van der Waals surface area contributed by atoms with Gasteiger partial charge in [0.2, 0.25) is 10.0 Å². The van der Waals surface area contributed by atoms with Gasteiger partial charge < -0.3 is 5.73 Å². The van der Waals surface area contributed by atoms with Crippen molar-refractivity contribution in [3.8, 4) is 0 Å². The Hall–Kier alpha value is -0.410. The molecule has 8 heteroatoms. The van der Waals surface area contributed by atoms with Crippen molar-refractivity contribution in [2.75, 3.05) is 5.73 Å². The Morgan fingerprint density at radius 3 is 2.55 bits per heavy atom. The summed E-state index contributed by atoms with van der Waals surface area (Å²) in [6, 6.07) is 3.22. The molecule has 0 bridgehead atoms. The van der Waals surface area contributed by atoms with Crippen molar-refractivity contribution >= 4 is 58.9 Å². The summed E-state index contributed by atoms with van der Waals surface area (Å²) in [6.07, 6.45) is 0. The molecule has 0 aliphatic carbocycles. The minimum atomic E-state index is -3.67. The Kier molecular flexibility index (Phi) is 4.91. The lowest BCUT2D eigenvalue weighted by Crippen LogP contribution is -2.24. The summed E-state index contributed by atoms with van der Waals surface area (Å²) in [5, 5.41) is 3.91. The first-order chi connectivity index (χ1) is 9.31. The molecular weight excluding hydrogens is 428 g/mol. The SMILES string of the molecule is Cc1cscc1CNS(=O)(=O)c1c(N)cc(Br)cc1Br. The van der Waals surface area contributed by atoms with Gasteiger partial charge in [0.15, 0.2) is 0 Å². The molecule has 108 valence electrons. The van der Waals surface area contributed by atoms with Crippen LogP contribution in [-0.2, 0) is 16.6 Å². The minimum Gasteiger partial charge on any atom is -0.398 e. The quantitative estimate of drug-likeness (QED) is 0.714. The number of halogens is 2. The molecule has 0 atom stereocenters. The van der Waals surface area contributed by atoms with Crippen LogP contribution in [0, 0.1) is 6.92 Å². The van der Waals surface area contributed by atoms with Crippen LogP contribution >= 0.6 is 43.2 Å². The highest BCUT2D eigenvalue weighted by atomic mass is 79.9. The van der Waals surface area contributed by atoms with Crippen molar-refractivity contribution in [1.82, 2.24) is 4.72 Å². The number of rotatable bonds is 4. The summed E-state index contributed by atoms with van der Waals surface area (Å²) in [5.41, 5.74) is 8.04. The van der Waals surface area contributed by atoms with E-state index in [0.29, 0.717) is 4.47 Å². The highest BCUT2D eigenvalue weighted by molar-refractivity contribution is 9.11. The van der Waals surface area contributed by atoms with Gasteiger partial charge in [0.05, 0.1) is 5.69 Å². The van der Waals surface area contributed by atoms with Crippen LogP contribution in [0.5, 0.6) is 0 Å². The first kappa shape index (κ1) is 16.0. The first-order valence-electron chi connectivity index (χ1n) is 5.57. The molecule has 0 saturated heterocycles. The summed E-state index contributed by atoms with van der Waals surface area (Å²) >= 11 is 8.06. The molecule has 0 aliphatic heterocycles. The molecule has 4 nitrogen and oxygen atoms in total. The van der Waals surface area contributed by atoms with Crippen LogP contribution in [0.15, 0.2) is 36.7 Å². The van der Waals surface area contributed by atoms with E-state index in [0.717, 1.165) is 15.6 Å². The highest BCUT2D eigenvalue weighted by Gasteiger charge is 2.21. The lowest BCUT2D eigenvalue weighted by Gasteiger charge is -2.11. The monoisotopic (exact) mass is 438 g/mol. The summed E-state index contributed by atoms with van der Waals surface area (Å²) < 4.78 is 28.4. The molecular formula is C12H12Br2N2O2S2. The van der Waals surface area contributed by atoms with E-state index in [1.165, 1.54) is 0 Å². The van der Waals surface area contributed by atoms with E-state index < -0.39 is 10.0 Å². The number of anilines is 1. The molecule has 1 heterocycles. The number of hydrogen-bond donors (Lipinski definition) is 2. The molecule has 0 radical (unpaired) electrons. The van der Waals surface area contributed by atoms with E-state index >= 15 is 0 Å². The second-order valence-corrected chi connectivity index (χ2v) is 8.43. The average molecular weight is 440 g/mol. The Bertz CT molecular complexity index is 719. The van der Waals surface area contributed by atoms with Crippen molar-refractivity contribution in [1.29, 1.82) is 0 Å². The lowest BCUT2D eigenvalue weighted by atomic mass is 10.2. The Morgan fingerprint density at radius 2 is 2.00 bits per heavy atom. The van der Waals surface area contributed by atoms with E-state index in [9.17, 15) is 8.42 Å². The molecule has 2 rings (SSSR count). The number of aryl methyl sites for hydroxylation is 1. The Balaban J connectivity index is 2.30. The molecule has 0 amide bonds. The largest absolute Gasteiger partial charge is 0.398 e. The van der Waals surface area contributed by atoms with Crippen LogP contribution in [0.2, 0.25) is 0 Å². The molecule has 3 N–H and O–H groups in total. The van der Waals surface area contributed by atoms with Crippen molar-refractivity contribution in [3.05, 3.63) is 43.0 Å². The van der Waals surface area contributed by atoms with Gasteiger partial charge in [-0.2, -0.15) is 11.3 Å². The Morgan fingerprint density at radius 1 is 1.30 bits per heavy atom. The first-order valence-corrected chi connectivity index (χ1v) is 9.58. The van der Waals surface area contributed by atoms with Crippen LogP contribution in [0.25, 0.3) is 0 Å². The molecule has 1 aromatic carbocycles. The van der Waals surface area contributed by atoms with Gasteiger partial charge in [-0.25, -0.2) is 13.1 Å². The van der Waals surface area contributed by atoms with E-state index in [1.54, 1.807) is 23.5 Å². The van der Waals surface area contributed by atoms with Gasteiger partial charge in [-0.05, 0) is 56.9 Å². The van der Waals surface area contributed by atoms with Crippen molar-refractivity contribution < 1.29 is 8.42 Å². The fourth-order valence-electron chi connectivity index (χ4n) is 1.68. The zero-order valence-corrected chi connectivity index (χ0v) is 15.3. The zero-order chi connectivity index (χ0) is 14.9. The van der Waals surface area contributed by atoms with E-state index in [4.69, 9.17) is 5.73 Å². The predicted molar refractivity (Wildman–Crippen MR) is 89.3 cm³/mol. The zero-order valence-electron chi connectivity index (χ0n) is 10.5. The number of nitrogens with two attached hydrogens (primary N) is 1. The van der Waals surface area contributed by atoms with Crippen LogP contribution in [-0.4, -0.2) is 8.42 Å². The number of nitrogen functional groups attached to an aromatic ring is 1. The number of nitrogens with one attached hydrogen (secondary N) is 1. The summed E-state index contributed by atoms with van der Waals surface area (Å²) in [6.45, 7) is 2.20. The molecule has 20 heavy (non-hydrogen) atoms. The van der Waals surface area contributed by atoms with Gasteiger partial charge in [-0.15, -0.1) is 0 Å². The van der Waals surface area contributed by atoms with Crippen LogP contribution < -0.4 is 10.5 Å². The maximum absolute atomic E-state index is 12.4. The summed E-state index contributed by atoms with van der Waals surface area (Å²) in [7, 11) is -3.67. The second-order valence-electron chi connectivity index (χ2n) is 4.21. The fraction of sp³-hybridized carbons (Fsp3) is 0.167. The van der Waals surface area contributed by atoms with Crippen LogP contribution in [0.4, 0.5) is 5.69 Å². The third-order valence-corrected chi connectivity index (χ3v) is 6.49. The highest BCUT2D eigenvalue weighted by Crippen LogP contribution is 2.31. The molecule has 0 spiro atoms. The molecule has 0 unspecified atom stereocenters. The van der Waals surface area contributed by atoms with Crippen LogP contribution in [0.3, 0.4) is 0 Å². The Labute approximate surface area is 138 Å². The number of benzene rings is 1. The number of sulfonamides is 1. The molecule has 0 aliphatic rings. The smallest absolute Gasteiger partial charge is 0.244 e. The fourth-order valence-corrected chi connectivity index (χ4v) is 5.61. The van der Waals surface area contributed by atoms with Gasteiger partial charge in [-0.1, -0.05) is 15.9 Å². The van der Waals surface area contributed by atoms with Crippen LogP contribution in [0.1, 0.15) is 11.1 Å². The lowest BCUT2D eigenvalue weighted by molar-refractivity contribution is 0.581. The van der Waals surface area contributed by atoms with Gasteiger partial charge in [0.25, 0.3) is 0 Å². The molecule has 1 aromatic heterocycles. The molecule has 0 saturated carbocycles. The molecule has 2 aromatic rings. The van der Waals surface area contributed by atoms with E-state index in [1.807, 2.05) is 17.7 Å². The van der Waals surface area contributed by atoms with Gasteiger partial charge in [-0.3, -0.25) is 0 Å². The van der Waals surface area contributed by atoms with Crippen molar-refractivity contribution in [2.24, 2.45) is 0 Å². The second kappa shape index (κ2) is 6.15. The van der Waals surface area contributed by atoms with Gasteiger partial charge in [0, 0.05) is 15.5 Å². The normalized spacial score (nSPS) is 11.8. The third kappa shape index (κ3) is 3.43. The predicted octanol–water partition coefficient (Wildman–Crippen LogP) is 3.64. The van der Waals surface area contributed by atoms with E-state index in [2.05, 4.69) is 36.6 Å². The molecule has 0 fully saturated rings. The summed E-state index contributed by atoms with van der Waals surface area (Å²) in [5.74, 6) is 0. The number of hydrogen-bond acceptors (Lipinski definition) is 4. The maximum atomic E-state index is 12.4. The third-order valence-electron chi connectivity index (χ3n) is 2.72. The van der Waals surface area contributed by atoms with Gasteiger partial charge in [0.1, 0.15) is 4.90 Å². The standard InChI is InChI=1S/C12H12Br2N2O2S2/c1-7-5-19-6-8(7)4-16-20(17,18)12-10(14)2-9(13)3-11(12)15/h2-3,5-6,16H,4,15H2,1H3. The average Bonchev–Trinajstić information content (AvgIpc) is 2.70. The summed E-state index contributed by atoms with van der Waals surface area (Å²) in [4.78, 5) is 0.0635. The van der Waals surface area contributed by atoms with E-state index in [-0.39, 0.29) is 17.1 Å². The van der Waals surface area contributed by atoms with Gasteiger partial charge >= 0.3 is 0 Å². The van der Waals surface area contributed by atoms with Crippen molar-refractivity contribution in [2.45, 2.75) is 18.4 Å². The topological polar surface area (TPSA) is 72.2 Å². The maximum Gasteiger partial charge on any atom is 0.244 e. The van der Waals surface area contributed by atoms with Crippen molar-refractivity contribution in [3.63, 3.8) is 0 Å². The minimum absolute atomic E-state index is 0.0635.